The Morgan fingerprint density at radius 1 is 1.27 bits per heavy atom. The van der Waals surface area contributed by atoms with Crippen molar-refractivity contribution in [1.82, 2.24) is 4.98 Å². The predicted octanol–water partition coefficient (Wildman–Crippen LogP) is 3.21. The number of hydrogen-bond donors (Lipinski definition) is 0. The summed E-state index contributed by atoms with van der Waals surface area (Å²) in [5, 5.41) is 21.3. The standard InChI is InChI=1S/C15H8F3N3O4S/c1-2-26(24,15(16,17)18)25-14-13(9-19)12(7-8-20-14)10-3-5-11(6-4-10)21(22)23/h3-8H,1H2. The van der Waals surface area contributed by atoms with Crippen LogP contribution in [0, 0.1) is 21.4 Å². The van der Waals surface area contributed by atoms with Gasteiger partial charge in [0.05, 0.1) is 4.92 Å². The van der Waals surface area contributed by atoms with E-state index >= 15 is 0 Å². The highest BCUT2D eigenvalue weighted by Crippen LogP contribution is 2.33. The molecule has 0 aliphatic heterocycles. The van der Waals surface area contributed by atoms with Crippen molar-refractivity contribution in [1.29, 1.82) is 5.26 Å². The van der Waals surface area contributed by atoms with E-state index in [9.17, 15) is 32.8 Å². The highest BCUT2D eigenvalue weighted by Gasteiger charge is 2.44. The van der Waals surface area contributed by atoms with Crippen molar-refractivity contribution in [3.8, 4) is 23.1 Å². The number of rotatable bonds is 4. The molecule has 1 aromatic heterocycles. The lowest BCUT2D eigenvalue weighted by Crippen LogP contribution is -2.29. The first kappa shape index (κ1) is 19.0. The molecule has 0 spiro atoms. The average Bonchev–Trinajstić information content (AvgIpc) is 2.60. The molecule has 11 heteroatoms. The van der Waals surface area contributed by atoms with Gasteiger partial charge in [-0.15, -0.1) is 0 Å². The van der Waals surface area contributed by atoms with Gasteiger partial charge >= 0.3 is 5.51 Å². The molecule has 1 atom stereocenters. The zero-order valence-corrected chi connectivity index (χ0v) is 13.5. The number of benzene rings is 1. The molecular weight excluding hydrogens is 375 g/mol. The second-order valence-corrected chi connectivity index (χ2v) is 6.56. The van der Waals surface area contributed by atoms with Crippen molar-refractivity contribution in [3.05, 3.63) is 58.8 Å². The summed E-state index contributed by atoms with van der Waals surface area (Å²) in [5.74, 6) is -0.818. The number of hydrogen-bond acceptors (Lipinski definition) is 6. The van der Waals surface area contributed by atoms with Crippen LogP contribution in [0.5, 0.6) is 5.88 Å². The number of pyridine rings is 1. The number of aromatic nitrogens is 1. The molecule has 0 N–H and O–H groups in total. The van der Waals surface area contributed by atoms with Gasteiger partial charge in [0.1, 0.15) is 11.6 Å². The van der Waals surface area contributed by atoms with Gasteiger partial charge < -0.3 is 4.18 Å². The number of nitrogens with zero attached hydrogens (tertiary/aromatic N) is 3. The predicted molar refractivity (Wildman–Crippen MR) is 86.5 cm³/mol. The number of nitro benzene ring substituents is 1. The second-order valence-electron chi connectivity index (χ2n) is 4.63. The first-order valence-corrected chi connectivity index (χ1v) is 8.09. The maximum Gasteiger partial charge on any atom is 0.504 e. The van der Waals surface area contributed by atoms with Crippen LogP contribution < -0.4 is 4.18 Å². The highest BCUT2D eigenvalue weighted by atomic mass is 32.2. The van der Waals surface area contributed by atoms with E-state index in [1.165, 1.54) is 23.2 Å². The first-order chi connectivity index (χ1) is 12.1. The molecule has 1 heterocycles. The monoisotopic (exact) mass is 383 g/mol. The minimum atomic E-state index is -5.30. The van der Waals surface area contributed by atoms with Crippen LogP contribution in [-0.2, 0) is 9.80 Å². The molecular formula is C15H8F3N3O4S. The summed E-state index contributed by atoms with van der Waals surface area (Å²) in [4.78, 5) is 13.6. The van der Waals surface area contributed by atoms with Crippen LogP contribution in [0.1, 0.15) is 5.56 Å². The Kier molecular flexibility index (Phi) is 5.02. The average molecular weight is 383 g/mol. The van der Waals surface area contributed by atoms with Crippen LogP contribution in [0.4, 0.5) is 18.9 Å². The van der Waals surface area contributed by atoms with Crippen molar-refractivity contribution in [2.24, 2.45) is 0 Å². The molecule has 1 unspecified atom stereocenters. The molecule has 7 nitrogen and oxygen atoms in total. The summed E-state index contributed by atoms with van der Waals surface area (Å²) in [6.45, 7) is 2.74. The van der Waals surface area contributed by atoms with E-state index < -0.39 is 31.7 Å². The summed E-state index contributed by atoms with van der Waals surface area (Å²) in [7, 11) is -5.11. The van der Waals surface area contributed by atoms with Crippen LogP contribution in [-0.4, -0.2) is 24.6 Å². The lowest BCUT2D eigenvalue weighted by Gasteiger charge is -2.14. The van der Waals surface area contributed by atoms with Crippen LogP contribution >= 0.6 is 0 Å². The summed E-state index contributed by atoms with van der Waals surface area (Å²) in [6.07, 6.45) is 1.05. The van der Waals surface area contributed by atoms with Gasteiger partial charge in [-0.2, -0.15) is 18.4 Å². The van der Waals surface area contributed by atoms with Gasteiger partial charge in [-0.3, -0.25) is 10.1 Å². The lowest BCUT2D eigenvalue weighted by atomic mass is 10.0. The minimum Gasteiger partial charge on any atom is -0.374 e. The van der Waals surface area contributed by atoms with E-state index in [1.54, 1.807) is 6.07 Å². The zero-order valence-electron chi connectivity index (χ0n) is 12.7. The smallest absolute Gasteiger partial charge is 0.374 e. The molecule has 0 saturated carbocycles. The Morgan fingerprint density at radius 2 is 1.88 bits per heavy atom. The molecule has 0 amide bonds. The maximum atomic E-state index is 12.9. The van der Waals surface area contributed by atoms with E-state index in [2.05, 4.69) is 15.7 Å². The second kappa shape index (κ2) is 6.87. The van der Waals surface area contributed by atoms with Crippen molar-refractivity contribution in [3.63, 3.8) is 0 Å². The summed E-state index contributed by atoms with van der Waals surface area (Å²) in [6, 6.07) is 7.87. The van der Waals surface area contributed by atoms with Crippen LogP contribution in [0.25, 0.3) is 11.1 Å². The number of non-ortho nitro benzene ring substituents is 1. The summed E-state index contributed by atoms with van der Waals surface area (Å²) < 4.78 is 55.0. The van der Waals surface area contributed by atoms with Gasteiger partial charge in [-0.1, -0.05) is 0 Å². The summed E-state index contributed by atoms with van der Waals surface area (Å²) >= 11 is 0. The SMILES string of the molecule is C=C=S(=O)(Oc1nccc(-c2ccc([N+](=O)[O-])cc2)c1C#N)C(F)(F)F. The van der Waals surface area contributed by atoms with E-state index in [4.69, 9.17) is 0 Å². The van der Waals surface area contributed by atoms with E-state index in [0.29, 0.717) is 5.56 Å². The van der Waals surface area contributed by atoms with Gasteiger partial charge in [0.2, 0.25) is 5.88 Å². The Labute approximate surface area is 145 Å². The van der Waals surface area contributed by atoms with Crippen LogP contribution in [0.3, 0.4) is 0 Å². The first-order valence-electron chi connectivity index (χ1n) is 6.60. The third-order valence-electron chi connectivity index (χ3n) is 3.11. The van der Waals surface area contributed by atoms with Gasteiger partial charge in [-0.05, 0) is 35.4 Å². The van der Waals surface area contributed by atoms with Crippen molar-refractivity contribution in [2.75, 3.05) is 0 Å². The zero-order chi connectivity index (χ0) is 19.5. The van der Waals surface area contributed by atoms with Crippen LogP contribution in [0.15, 0.2) is 43.1 Å². The molecule has 0 fully saturated rings. The molecule has 0 aliphatic carbocycles. The number of halogens is 3. The normalized spacial score (nSPS) is 13.2. The Hall–Kier alpha value is -3.35. The van der Waals surface area contributed by atoms with E-state index in [1.807, 2.05) is 0 Å². The topological polar surface area (TPSA) is 106 Å². The Morgan fingerprint density at radius 3 is 2.35 bits per heavy atom. The highest BCUT2D eigenvalue weighted by molar-refractivity contribution is 7.97. The molecule has 2 aromatic rings. The third kappa shape index (κ3) is 3.51. The molecule has 0 saturated heterocycles. The van der Waals surface area contributed by atoms with Gasteiger partial charge in [0.25, 0.3) is 15.5 Å². The number of nitro groups is 1. The van der Waals surface area contributed by atoms with Gasteiger partial charge in [-0.25, -0.2) is 9.19 Å². The summed E-state index contributed by atoms with van der Waals surface area (Å²) in [5.41, 5.74) is -5.54. The fourth-order valence-electron chi connectivity index (χ4n) is 1.89. The Balaban J connectivity index is 2.58. The number of nitriles is 1. The van der Waals surface area contributed by atoms with Crippen LogP contribution in [0.2, 0.25) is 0 Å². The molecule has 1 aromatic carbocycles. The molecule has 0 radical (unpaired) electrons. The quantitative estimate of drug-likeness (QED) is 0.456. The fourth-order valence-corrected chi connectivity index (χ4v) is 2.55. The van der Waals surface area contributed by atoms with Gasteiger partial charge in [0.15, 0.2) is 0 Å². The molecule has 2 rings (SSSR count). The van der Waals surface area contributed by atoms with Crippen molar-refractivity contribution in [2.45, 2.75) is 5.51 Å². The third-order valence-corrected chi connectivity index (χ3v) is 4.49. The minimum absolute atomic E-state index is 0.0976. The fraction of sp³-hybridized carbons (Fsp3) is 0.0667. The van der Waals surface area contributed by atoms with E-state index in [-0.39, 0.29) is 11.3 Å². The van der Waals surface area contributed by atoms with Crippen molar-refractivity contribution < 1.29 is 26.5 Å². The maximum absolute atomic E-state index is 12.9. The molecule has 26 heavy (non-hydrogen) atoms. The van der Waals surface area contributed by atoms with Crippen molar-refractivity contribution >= 4 is 20.5 Å². The number of alkyl halides is 3. The van der Waals surface area contributed by atoms with Gasteiger partial charge in [0, 0.05) is 23.9 Å². The molecule has 0 bridgehead atoms. The lowest BCUT2D eigenvalue weighted by molar-refractivity contribution is -0.384. The Bertz CT molecular complexity index is 1050. The largest absolute Gasteiger partial charge is 0.504 e. The van der Waals surface area contributed by atoms with E-state index in [0.717, 1.165) is 18.3 Å². The molecule has 0 aliphatic rings. The molecule has 134 valence electrons.